The molecule has 0 amide bonds. The molecule has 3 rings (SSSR count). The number of pyridine rings is 1. The predicted octanol–water partition coefficient (Wildman–Crippen LogP) is 2.08. The van der Waals surface area contributed by atoms with E-state index in [2.05, 4.69) is 10.3 Å². The lowest BCUT2D eigenvalue weighted by Crippen LogP contribution is -2.37. The van der Waals surface area contributed by atoms with E-state index in [4.69, 9.17) is 5.73 Å². The monoisotopic (exact) mass is 259 g/mol. The summed E-state index contributed by atoms with van der Waals surface area (Å²) < 4.78 is 0. The molecule has 1 aliphatic heterocycles. The minimum Gasteiger partial charge on any atom is -0.383 e. The van der Waals surface area contributed by atoms with Gasteiger partial charge in [-0.15, -0.1) is 0 Å². The zero-order valence-corrected chi connectivity index (χ0v) is 11.4. The first-order valence-corrected chi connectivity index (χ1v) is 7.17. The van der Waals surface area contributed by atoms with E-state index in [0.29, 0.717) is 23.3 Å². The zero-order valence-electron chi connectivity index (χ0n) is 11.4. The molecule has 1 saturated heterocycles. The number of anilines is 1. The number of aromatic nitrogens is 1. The minimum absolute atomic E-state index is 0.0704. The molecule has 4 heteroatoms. The van der Waals surface area contributed by atoms with Crippen molar-refractivity contribution in [3.63, 3.8) is 0 Å². The largest absolute Gasteiger partial charge is 0.383 e. The summed E-state index contributed by atoms with van der Waals surface area (Å²) in [6.45, 7) is 1.94. The lowest BCUT2D eigenvalue weighted by atomic mass is 9.84. The molecule has 3 atom stereocenters. The normalized spacial score (nSPS) is 30.1. The second-order valence-corrected chi connectivity index (χ2v) is 5.92. The summed E-state index contributed by atoms with van der Waals surface area (Å²) in [6, 6.07) is 2.31. The third-order valence-corrected chi connectivity index (χ3v) is 4.50. The van der Waals surface area contributed by atoms with Crippen molar-refractivity contribution in [3.05, 3.63) is 23.4 Å². The Morgan fingerprint density at radius 3 is 3.00 bits per heavy atom. The molecule has 0 bridgehead atoms. The summed E-state index contributed by atoms with van der Waals surface area (Å²) in [5, 5.41) is 3.50. The highest BCUT2D eigenvalue weighted by atomic mass is 16.1. The van der Waals surface area contributed by atoms with Crippen molar-refractivity contribution in [1.82, 2.24) is 10.3 Å². The molecule has 2 fully saturated rings. The molecule has 4 nitrogen and oxygen atoms in total. The molecular weight excluding hydrogens is 238 g/mol. The highest BCUT2D eigenvalue weighted by Crippen LogP contribution is 2.34. The molecule has 19 heavy (non-hydrogen) atoms. The van der Waals surface area contributed by atoms with E-state index < -0.39 is 0 Å². The maximum Gasteiger partial charge on any atom is 0.183 e. The molecular formula is C15H21N3O. The van der Waals surface area contributed by atoms with Crippen LogP contribution in [-0.2, 0) is 0 Å². The van der Waals surface area contributed by atoms with Gasteiger partial charge in [-0.25, -0.2) is 4.98 Å². The maximum absolute atomic E-state index is 12.6. The molecule has 1 aliphatic carbocycles. The van der Waals surface area contributed by atoms with Crippen LogP contribution < -0.4 is 11.1 Å². The second-order valence-electron chi connectivity index (χ2n) is 5.92. The van der Waals surface area contributed by atoms with Gasteiger partial charge in [-0.2, -0.15) is 0 Å². The van der Waals surface area contributed by atoms with E-state index in [1.165, 1.54) is 25.7 Å². The van der Waals surface area contributed by atoms with Crippen LogP contribution in [0.25, 0.3) is 0 Å². The quantitative estimate of drug-likeness (QED) is 0.798. The van der Waals surface area contributed by atoms with Crippen LogP contribution in [0.3, 0.4) is 0 Å². The third kappa shape index (κ3) is 2.37. The Balaban J connectivity index is 1.79. The fraction of sp³-hybridized carbons (Fsp3) is 0.600. The van der Waals surface area contributed by atoms with Crippen molar-refractivity contribution < 1.29 is 4.79 Å². The Bertz CT molecular complexity index is 486. The van der Waals surface area contributed by atoms with Crippen molar-refractivity contribution in [2.24, 2.45) is 5.92 Å². The van der Waals surface area contributed by atoms with Gasteiger partial charge in [-0.3, -0.25) is 4.79 Å². The number of carbonyl (C=O) groups excluding carboxylic acids is 1. The molecule has 0 radical (unpaired) electrons. The van der Waals surface area contributed by atoms with E-state index in [1.54, 1.807) is 6.20 Å². The molecule has 2 heterocycles. The van der Waals surface area contributed by atoms with Crippen molar-refractivity contribution in [2.45, 2.75) is 51.1 Å². The van der Waals surface area contributed by atoms with Gasteiger partial charge in [0.05, 0.1) is 11.6 Å². The Morgan fingerprint density at radius 2 is 2.21 bits per heavy atom. The Morgan fingerprint density at radius 1 is 1.42 bits per heavy atom. The molecule has 3 unspecified atom stereocenters. The number of aryl methyl sites for hydroxylation is 1. The SMILES string of the molecule is Cc1cnc(N)c(C(=O)C2CC3CCCCC3N2)c1. The van der Waals surface area contributed by atoms with Gasteiger partial charge >= 0.3 is 0 Å². The molecule has 0 aromatic carbocycles. The number of nitrogens with one attached hydrogen (secondary N) is 1. The number of carbonyl (C=O) groups is 1. The van der Waals surface area contributed by atoms with Crippen LogP contribution >= 0.6 is 0 Å². The van der Waals surface area contributed by atoms with Crippen LogP contribution in [0, 0.1) is 12.8 Å². The summed E-state index contributed by atoms with van der Waals surface area (Å²) in [4.78, 5) is 16.7. The van der Waals surface area contributed by atoms with Gasteiger partial charge in [0.25, 0.3) is 0 Å². The van der Waals surface area contributed by atoms with Gasteiger partial charge in [0.15, 0.2) is 5.78 Å². The number of hydrogen-bond acceptors (Lipinski definition) is 4. The number of nitrogens with two attached hydrogens (primary N) is 1. The average Bonchev–Trinajstić information content (AvgIpc) is 2.84. The number of Topliss-reactive ketones (excluding diaryl/α,β-unsaturated/α-hetero) is 1. The topological polar surface area (TPSA) is 68.0 Å². The predicted molar refractivity (Wildman–Crippen MR) is 75.0 cm³/mol. The lowest BCUT2D eigenvalue weighted by Gasteiger charge is -2.24. The highest BCUT2D eigenvalue weighted by molar-refractivity contribution is 6.03. The Kier molecular flexibility index (Phi) is 3.27. The standard InChI is InChI=1S/C15H21N3O/c1-9-6-11(15(16)17-8-9)14(19)13-7-10-4-2-3-5-12(10)18-13/h6,8,10,12-13,18H,2-5,7H2,1H3,(H2,16,17). The zero-order chi connectivity index (χ0) is 13.4. The fourth-order valence-corrected chi connectivity index (χ4v) is 3.49. The summed E-state index contributed by atoms with van der Waals surface area (Å²) >= 11 is 0. The van der Waals surface area contributed by atoms with Gasteiger partial charge in [-0.1, -0.05) is 12.8 Å². The van der Waals surface area contributed by atoms with Crippen molar-refractivity contribution in [1.29, 1.82) is 0 Å². The molecule has 1 aromatic rings. The number of ketones is 1. The third-order valence-electron chi connectivity index (χ3n) is 4.50. The molecule has 0 spiro atoms. The maximum atomic E-state index is 12.6. The van der Waals surface area contributed by atoms with Crippen molar-refractivity contribution in [3.8, 4) is 0 Å². The highest BCUT2D eigenvalue weighted by Gasteiger charge is 2.38. The first-order chi connectivity index (χ1) is 9.15. The minimum atomic E-state index is -0.0704. The fourth-order valence-electron chi connectivity index (χ4n) is 3.49. The van der Waals surface area contributed by atoms with Crippen molar-refractivity contribution in [2.75, 3.05) is 5.73 Å². The van der Waals surface area contributed by atoms with Gasteiger partial charge in [0.2, 0.25) is 0 Å². The van der Waals surface area contributed by atoms with E-state index in [1.807, 2.05) is 13.0 Å². The number of rotatable bonds is 2. The summed E-state index contributed by atoms with van der Waals surface area (Å²) in [6.07, 6.45) is 7.70. The number of nitrogen functional groups attached to an aromatic ring is 1. The van der Waals surface area contributed by atoms with Crippen LogP contribution in [0.15, 0.2) is 12.3 Å². The van der Waals surface area contributed by atoms with E-state index in [0.717, 1.165) is 12.0 Å². The van der Waals surface area contributed by atoms with Crippen LogP contribution in [0.4, 0.5) is 5.82 Å². The van der Waals surface area contributed by atoms with Crippen LogP contribution in [-0.4, -0.2) is 22.9 Å². The van der Waals surface area contributed by atoms with Gasteiger partial charge in [0.1, 0.15) is 5.82 Å². The number of fused-ring (bicyclic) bond motifs is 1. The van der Waals surface area contributed by atoms with E-state index >= 15 is 0 Å². The van der Waals surface area contributed by atoms with Crippen molar-refractivity contribution >= 4 is 11.6 Å². The lowest BCUT2D eigenvalue weighted by molar-refractivity contribution is 0.0949. The van der Waals surface area contributed by atoms with Gasteiger partial charge in [-0.05, 0) is 43.7 Å². The van der Waals surface area contributed by atoms with Gasteiger partial charge < -0.3 is 11.1 Å². The smallest absolute Gasteiger partial charge is 0.183 e. The van der Waals surface area contributed by atoms with Crippen LogP contribution in [0.1, 0.15) is 48.0 Å². The Labute approximate surface area is 113 Å². The van der Waals surface area contributed by atoms with Crippen LogP contribution in [0.5, 0.6) is 0 Å². The van der Waals surface area contributed by atoms with E-state index in [9.17, 15) is 4.79 Å². The molecule has 1 saturated carbocycles. The first kappa shape index (κ1) is 12.6. The summed E-state index contributed by atoms with van der Waals surface area (Å²) in [5.41, 5.74) is 7.40. The van der Waals surface area contributed by atoms with E-state index in [-0.39, 0.29) is 11.8 Å². The number of hydrogen-bond donors (Lipinski definition) is 2. The molecule has 1 aromatic heterocycles. The Hall–Kier alpha value is -1.42. The summed E-state index contributed by atoms with van der Waals surface area (Å²) in [5.74, 6) is 1.14. The molecule has 3 N–H and O–H groups in total. The summed E-state index contributed by atoms with van der Waals surface area (Å²) in [7, 11) is 0. The first-order valence-electron chi connectivity index (χ1n) is 7.17. The average molecular weight is 259 g/mol. The molecule has 2 aliphatic rings. The number of nitrogens with zero attached hydrogens (tertiary/aromatic N) is 1. The molecule has 102 valence electrons. The van der Waals surface area contributed by atoms with Crippen LogP contribution in [0.2, 0.25) is 0 Å². The second kappa shape index (κ2) is 4.93. The van der Waals surface area contributed by atoms with Gasteiger partial charge in [0, 0.05) is 12.2 Å².